The molecule has 30 heavy (non-hydrogen) atoms. The Morgan fingerprint density at radius 3 is 2.73 bits per heavy atom. The highest BCUT2D eigenvalue weighted by atomic mass is 16.5. The highest BCUT2D eigenvalue weighted by Crippen LogP contribution is 2.33. The molecule has 0 atom stereocenters. The quantitative estimate of drug-likeness (QED) is 0.645. The van der Waals surface area contributed by atoms with Gasteiger partial charge in [0, 0.05) is 25.7 Å². The van der Waals surface area contributed by atoms with Gasteiger partial charge in [-0.05, 0) is 12.5 Å². The van der Waals surface area contributed by atoms with Gasteiger partial charge in [0.1, 0.15) is 5.56 Å². The summed E-state index contributed by atoms with van der Waals surface area (Å²) in [6, 6.07) is 11.6. The Kier molecular flexibility index (Phi) is 6.13. The highest BCUT2D eigenvalue weighted by Gasteiger charge is 2.30. The van der Waals surface area contributed by atoms with Gasteiger partial charge < -0.3 is 19.1 Å². The second kappa shape index (κ2) is 9.13. The third-order valence-corrected chi connectivity index (χ3v) is 5.18. The highest BCUT2D eigenvalue weighted by molar-refractivity contribution is 6.04. The zero-order chi connectivity index (χ0) is 20.9. The minimum atomic E-state index is -0.136. The van der Waals surface area contributed by atoms with Gasteiger partial charge >= 0.3 is 0 Å². The van der Waals surface area contributed by atoms with E-state index in [9.17, 15) is 4.79 Å². The van der Waals surface area contributed by atoms with Crippen LogP contribution in [0.3, 0.4) is 0 Å². The summed E-state index contributed by atoms with van der Waals surface area (Å²) in [5.41, 5.74) is 3.23. The fourth-order valence-electron chi connectivity index (χ4n) is 3.64. The van der Waals surface area contributed by atoms with E-state index in [-0.39, 0.29) is 5.91 Å². The summed E-state index contributed by atoms with van der Waals surface area (Å²) in [5, 5.41) is 11.6. The summed E-state index contributed by atoms with van der Waals surface area (Å²) >= 11 is 0. The second-order valence-electron chi connectivity index (χ2n) is 7.47. The topological polar surface area (TPSA) is 87.5 Å². The molecular weight excluding hydrogens is 382 g/mol. The Morgan fingerprint density at radius 1 is 1.23 bits per heavy atom. The van der Waals surface area contributed by atoms with E-state index in [1.54, 1.807) is 11.9 Å². The molecule has 0 aliphatic carbocycles. The largest absolute Gasteiger partial charge is 0.378 e. The molecule has 1 amide bonds. The van der Waals surface area contributed by atoms with E-state index in [4.69, 9.17) is 9.26 Å². The molecule has 1 aliphatic rings. The van der Waals surface area contributed by atoms with Crippen molar-refractivity contribution in [3.05, 3.63) is 53.3 Å². The first-order chi connectivity index (χ1) is 14.7. The average molecular weight is 409 g/mol. The number of anilines is 1. The summed E-state index contributed by atoms with van der Waals surface area (Å²) in [4.78, 5) is 17.3. The zero-order valence-electron chi connectivity index (χ0n) is 17.4. The number of carbonyl (C=O) groups excluding carboxylic acids is 1. The first kappa shape index (κ1) is 20.2. The molecule has 0 radical (unpaired) electrons. The van der Waals surface area contributed by atoms with Gasteiger partial charge in [0.05, 0.1) is 31.1 Å². The lowest BCUT2D eigenvalue weighted by atomic mass is 10.1. The number of amides is 1. The van der Waals surface area contributed by atoms with E-state index in [1.165, 1.54) is 0 Å². The van der Waals surface area contributed by atoms with Crippen LogP contribution in [0, 0.1) is 0 Å². The van der Waals surface area contributed by atoms with Crippen LogP contribution in [0.5, 0.6) is 0 Å². The SMILES string of the molecule is CCCc1cc(CN(C)C(=O)c2c(N3CCOCC3)noc2-c2ccccc2)[nH]n1. The number of rotatable bonds is 7. The summed E-state index contributed by atoms with van der Waals surface area (Å²) < 4.78 is 11.1. The zero-order valence-corrected chi connectivity index (χ0v) is 17.4. The number of ether oxygens (including phenoxy) is 1. The molecule has 1 N–H and O–H groups in total. The lowest BCUT2D eigenvalue weighted by Crippen LogP contribution is -2.38. The minimum Gasteiger partial charge on any atom is -0.378 e. The summed E-state index contributed by atoms with van der Waals surface area (Å²) in [6.45, 7) is 5.10. The molecule has 0 bridgehead atoms. The molecule has 8 nitrogen and oxygen atoms in total. The van der Waals surface area contributed by atoms with Gasteiger partial charge in [0.2, 0.25) is 0 Å². The molecule has 2 aromatic heterocycles. The second-order valence-corrected chi connectivity index (χ2v) is 7.47. The third-order valence-electron chi connectivity index (χ3n) is 5.18. The number of hydrogen-bond donors (Lipinski definition) is 1. The average Bonchev–Trinajstić information content (AvgIpc) is 3.42. The van der Waals surface area contributed by atoms with Crippen molar-refractivity contribution in [1.82, 2.24) is 20.3 Å². The molecule has 0 unspecified atom stereocenters. The molecule has 8 heteroatoms. The van der Waals surface area contributed by atoms with E-state index >= 15 is 0 Å². The fraction of sp³-hybridized carbons (Fsp3) is 0.409. The maximum absolute atomic E-state index is 13.5. The molecule has 158 valence electrons. The van der Waals surface area contributed by atoms with Gasteiger partial charge in [-0.3, -0.25) is 9.89 Å². The molecular formula is C22H27N5O3. The molecule has 1 aliphatic heterocycles. The summed E-state index contributed by atoms with van der Waals surface area (Å²) in [6.07, 6.45) is 1.95. The van der Waals surface area contributed by atoms with Crippen LogP contribution in [0.25, 0.3) is 11.3 Å². The van der Waals surface area contributed by atoms with Crippen molar-refractivity contribution in [1.29, 1.82) is 0 Å². The predicted molar refractivity (Wildman–Crippen MR) is 113 cm³/mol. The molecule has 1 fully saturated rings. The van der Waals surface area contributed by atoms with Crippen LogP contribution >= 0.6 is 0 Å². The van der Waals surface area contributed by atoms with Gasteiger partial charge in [-0.25, -0.2) is 0 Å². The van der Waals surface area contributed by atoms with E-state index < -0.39 is 0 Å². The first-order valence-electron chi connectivity index (χ1n) is 10.3. The monoisotopic (exact) mass is 409 g/mol. The summed E-state index contributed by atoms with van der Waals surface area (Å²) in [5.74, 6) is 0.929. The van der Waals surface area contributed by atoms with Crippen molar-refractivity contribution < 1.29 is 14.1 Å². The van der Waals surface area contributed by atoms with Gasteiger partial charge in [-0.2, -0.15) is 5.10 Å². The fourth-order valence-corrected chi connectivity index (χ4v) is 3.64. The molecule has 1 aromatic carbocycles. The predicted octanol–water partition coefficient (Wildman–Crippen LogP) is 3.13. The van der Waals surface area contributed by atoms with Crippen LogP contribution in [0.1, 0.15) is 35.1 Å². The lowest BCUT2D eigenvalue weighted by molar-refractivity contribution is 0.0783. The van der Waals surface area contributed by atoms with E-state index in [1.807, 2.05) is 36.4 Å². The Bertz CT molecular complexity index is 976. The van der Waals surface area contributed by atoms with Gasteiger partial charge in [-0.1, -0.05) is 48.8 Å². The van der Waals surface area contributed by atoms with E-state index in [2.05, 4.69) is 27.2 Å². The van der Waals surface area contributed by atoms with Crippen LogP contribution in [0.15, 0.2) is 40.9 Å². The normalized spacial score (nSPS) is 14.1. The molecule has 4 rings (SSSR count). The number of benzene rings is 1. The third kappa shape index (κ3) is 4.23. The Balaban J connectivity index is 1.64. The number of aromatic nitrogens is 3. The minimum absolute atomic E-state index is 0.136. The van der Waals surface area contributed by atoms with Gasteiger partial charge in [0.25, 0.3) is 5.91 Å². The number of carbonyl (C=O) groups is 1. The van der Waals surface area contributed by atoms with Crippen LogP contribution < -0.4 is 4.90 Å². The number of H-pyrrole nitrogens is 1. The summed E-state index contributed by atoms with van der Waals surface area (Å²) in [7, 11) is 1.79. The number of aromatic amines is 1. The van der Waals surface area contributed by atoms with Gasteiger partial charge in [0.15, 0.2) is 11.6 Å². The molecule has 1 saturated heterocycles. The van der Waals surface area contributed by atoms with Crippen molar-refractivity contribution in [2.75, 3.05) is 38.3 Å². The number of morpholine rings is 1. The molecule has 3 aromatic rings. The van der Waals surface area contributed by atoms with Crippen LogP contribution in [-0.4, -0.2) is 59.5 Å². The van der Waals surface area contributed by atoms with E-state index in [0.29, 0.717) is 50.0 Å². The molecule has 0 saturated carbocycles. The smallest absolute Gasteiger partial charge is 0.261 e. The molecule has 3 heterocycles. The van der Waals surface area contributed by atoms with Crippen molar-refractivity contribution in [3.63, 3.8) is 0 Å². The number of hydrogen-bond acceptors (Lipinski definition) is 6. The van der Waals surface area contributed by atoms with Gasteiger partial charge in [-0.15, -0.1) is 0 Å². The Labute approximate surface area is 175 Å². The van der Waals surface area contributed by atoms with Crippen molar-refractivity contribution in [3.8, 4) is 11.3 Å². The number of aryl methyl sites for hydroxylation is 1. The van der Waals surface area contributed by atoms with Crippen LogP contribution in [0.2, 0.25) is 0 Å². The Hall–Kier alpha value is -3.13. The standard InChI is InChI=1S/C22H27N5O3/c1-3-7-17-14-18(24-23-17)15-26(2)22(28)19-20(16-8-5-4-6-9-16)30-25-21(19)27-10-12-29-13-11-27/h4-6,8-9,14H,3,7,10-13,15H2,1-2H3,(H,23,24). The lowest BCUT2D eigenvalue weighted by Gasteiger charge is -2.27. The maximum atomic E-state index is 13.5. The maximum Gasteiger partial charge on any atom is 0.261 e. The Morgan fingerprint density at radius 2 is 2.00 bits per heavy atom. The molecule has 0 spiro atoms. The van der Waals surface area contributed by atoms with Crippen LogP contribution in [0.4, 0.5) is 5.82 Å². The van der Waals surface area contributed by atoms with Crippen molar-refractivity contribution >= 4 is 11.7 Å². The van der Waals surface area contributed by atoms with Crippen molar-refractivity contribution in [2.45, 2.75) is 26.3 Å². The number of nitrogens with one attached hydrogen (secondary N) is 1. The van der Waals surface area contributed by atoms with E-state index in [0.717, 1.165) is 29.8 Å². The number of nitrogens with zero attached hydrogens (tertiary/aromatic N) is 4. The van der Waals surface area contributed by atoms with Crippen molar-refractivity contribution in [2.24, 2.45) is 0 Å². The first-order valence-corrected chi connectivity index (χ1v) is 10.3. The van der Waals surface area contributed by atoms with Crippen LogP contribution in [-0.2, 0) is 17.7 Å².